The van der Waals surface area contributed by atoms with Crippen LogP contribution in [0.25, 0.3) is 0 Å². The smallest absolute Gasteiger partial charge is 0.225 e. The molecule has 1 aromatic heterocycles. The van der Waals surface area contributed by atoms with E-state index in [4.69, 9.17) is 4.98 Å². The Kier molecular flexibility index (Phi) is 6.67. The largest absolute Gasteiger partial charge is 0.354 e. The van der Waals surface area contributed by atoms with E-state index in [2.05, 4.69) is 50.7 Å². The Morgan fingerprint density at radius 3 is 2.46 bits per heavy atom. The van der Waals surface area contributed by atoms with E-state index in [0.29, 0.717) is 6.54 Å². The molecule has 2 heterocycles. The Morgan fingerprint density at radius 1 is 1.14 bits per heavy atom. The van der Waals surface area contributed by atoms with Gasteiger partial charge in [0.15, 0.2) is 0 Å². The molecule has 0 radical (unpaired) electrons. The fourth-order valence-electron chi connectivity index (χ4n) is 3.09. The first kappa shape index (κ1) is 20.7. The number of piperazine rings is 1. The van der Waals surface area contributed by atoms with E-state index in [0.717, 1.165) is 50.1 Å². The molecule has 7 heteroatoms. The standard InChI is InChI=1S/C21H31N5OS/c1-16-5-7-17(8-6-16)15-18-23-20(28-24-18)26-13-11-25(12-14-26)10-9-22-19(27)21(2,3)4/h5-8H,9-15H2,1-4H3,(H,22,27). The third kappa shape index (κ3) is 5.75. The Labute approximate surface area is 172 Å². The molecule has 1 fully saturated rings. The van der Waals surface area contributed by atoms with Gasteiger partial charge in [-0.1, -0.05) is 50.6 Å². The second-order valence-electron chi connectivity index (χ2n) is 8.49. The number of carbonyl (C=O) groups is 1. The minimum atomic E-state index is -0.327. The van der Waals surface area contributed by atoms with Crippen molar-refractivity contribution in [2.24, 2.45) is 5.41 Å². The number of hydrogen-bond acceptors (Lipinski definition) is 6. The summed E-state index contributed by atoms with van der Waals surface area (Å²) in [5.41, 5.74) is 2.19. The van der Waals surface area contributed by atoms with Crippen LogP contribution in [0.15, 0.2) is 24.3 Å². The van der Waals surface area contributed by atoms with Gasteiger partial charge in [-0.05, 0) is 12.5 Å². The van der Waals surface area contributed by atoms with E-state index in [1.807, 2.05) is 20.8 Å². The van der Waals surface area contributed by atoms with Crippen molar-refractivity contribution in [1.29, 1.82) is 0 Å². The Morgan fingerprint density at radius 2 is 1.82 bits per heavy atom. The molecule has 2 aromatic rings. The van der Waals surface area contributed by atoms with Crippen LogP contribution < -0.4 is 10.2 Å². The van der Waals surface area contributed by atoms with Crippen LogP contribution in [0.2, 0.25) is 0 Å². The molecule has 1 aromatic carbocycles. The number of nitrogens with one attached hydrogen (secondary N) is 1. The van der Waals surface area contributed by atoms with E-state index in [9.17, 15) is 4.79 Å². The lowest BCUT2D eigenvalue weighted by atomic mass is 9.96. The Balaban J connectivity index is 1.43. The summed E-state index contributed by atoms with van der Waals surface area (Å²) in [4.78, 5) is 21.4. The average Bonchev–Trinajstić information content (AvgIpc) is 3.12. The van der Waals surface area contributed by atoms with Gasteiger partial charge < -0.3 is 10.2 Å². The quantitative estimate of drug-likeness (QED) is 0.806. The zero-order valence-electron chi connectivity index (χ0n) is 17.4. The predicted molar refractivity (Wildman–Crippen MR) is 115 cm³/mol. The molecule has 0 saturated carbocycles. The normalized spacial score (nSPS) is 15.6. The van der Waals surface area contributed by atoms with Crippen molar-refractivity contribution < 1.29 is 4.79 Å². The Hall–Kier alpha value is -1.99. The zero-order chi connectivity index (χ0) is 20.1. The van der Waals surface area contributed by atoms with Crippen LogP contribution in [0, 0.1) is 12.3 Å². The molecule has 0 spiro atoms. The highest BCUT2D eigenvalue weighted by atomic mass is 32.1. The first-order chi connectivity index (χ1) is 13.3. The number of carbonyl (C=O) groups excluding carboxylic acids is 1. The lowest BCUT2D eigenvalue weighted by Crippen LogP contribution is -2.49. The number of nitrogens with zero attached hydrogens (tertiary/aromatic N) is 4. The van der Waals surface area contributed by atoms with Crippen LogP contribution >= 0.6 is 11.5 Å². The van der Waals surface area contributed by atoms with Gasteiger partial charge in [0.1, 0.15) is 5.82 Å². The minimum Gasteiger partial charge on any atom is -0.354 e. The van der Waals surface area contributed by atoms with E-state index in [1.165, 1.54) is 22.7 Å². The third-order valence-corrected chi connectivity index (χ3v) is 5.79. The van der Waals surface area contributed by atoms with Crippen LogP contribution in [-0.4, -0.2) is 59.4 Å². The lowest BCUT2D eigenvalue weighted by molar-refractivity contribution is -0.128. The van der Waals surface area contributed by atoms with Crippen LogP contribution in [-0.2, 0) is 11.2 Å². The van der Waals surface area contributed by atoms with Crippen LogP contribution in [0.1, 0.15) is 37.7 Å². The molecule has 1 amide bonds. The summed E-state index contributed by atoms with van der Waals surface area (Å²) in [6, 6.07) is 8.55. The summed E-state index contributed by atoms with van der Waals surface area (Å²) in [7, 11) is 0. The first-order valence-electron chi connectivity index (χ1n) is 9.95. The maximum Gasteiger partial charge on any atom is 0.225 e. The van der Waals surface area contributed by atoms with Crippen molar-refractivity contribution in [3.63, 3.8) is 0 Å². The van der Waals surface area contributed by atoms with Crippen molar-refractivity contribution in [3.05, 3.63) is 41.2 Å². The fraction of sp³-hybridized carbons (Fsp3) is 0.571. The van der Waals surface area contributed by atoms with Crippen molar-refractivity contribution in [1.82, 2.24) is 19.6 Å². The molecule has 1 aliphatic rings. The van der Waals surface area contributed by atoms with Gasteiger partial charge in [-0.15, -0.1) is 0 Å². The summed E-state index contributed by atoms with van der Waals surface area (Å²) < 4.78 is 4.55. The van der Waals surface area contributed by atoms with Crippen molar-refractivity contribution in [2.75, 3.05) is 44.2 Å². The molecule has 0 bridgehead atoms. The average molecular weight is 402 g/mol. The maximum atomic E-state index is 11.9. The molecule has 1 N–H and O–H groups in total. The fourth-order valence-corrected chi connectivity index (χ4v) is 3.83. The highest BCUT2D eigenvalue weighted by molar-refractivity contribution is 7.09. The summed E-state index contributed by atoms with van der Waals surface area (Å²) >= 11 is 1.49. The number of aryl methyl sites for hydroxylation is 1. The molecule has 6 nitrogen and oxygen atoms in total. The lowest BCUT2D eigenvalue weighted by Gasteiger charge is -2.34. The van der Waals surface area contributed by atoms with Gasteiger partial charge in [-0.25, -0.2) is 4.98 Å². The van der Waals surface area contributed by atoms with Gasteiger partial charge in [0.25, 0.3) is 0 Å². The summed E-state index contributed by atoms with van der Waals surface area (Å²) in [5, 5.41) is 4.04. The van der Waals surface area contributed by atoms with Gasteiger partial charge in [-0.3, -0.25) is 9.69 Å². The maximum absolute atomic E-state index is 11.9. The van der Waals surface area contributed by atoms with E-state index in [1.54, 1.807) is 0 Å². The highest BCUT2D eigenvalue weighted by Crippen LogP contribution is 2.20. The number of hydrogen-bond donors (Lipinski definition) is 1. The molecule has 0 atom stereocenters. The van der Waals surface area contributed by atoms with Gasteiger partial charge >= 0.3 is 0 Å². The monoisotopic (exact) mass is 401 g/mol. The van der Waals surface area contributed by atoms with E-state index < -0.39 is 0 Å². The van der Waals surface area contributed by atoms with Gasteiger partial charge in [0, 0.05) is 62.6 Å². The SMILES string of the molecule is Cc1ccc(Cc2nsc(N3CCN(CCNC(=O)C(C)(C)C)CC3)n2)cc1. The third-order valence-electron chi connectivity index (χ3n) is 4.98. The van der Waals surface area contributed by atoms with Crippen molar-refractivity contribution in [2.45, 2.75) is 34.1 Å². The summed E-state index contributed by atoms with van der Waals surface area (Å²) in [5.74, 6) is 1.01. The first-order valence-corrected chi connectivity index (χ1v) is 10.7. The highest BCUT2D eigenvalue weighted by Gasteiger charge is 2.22. The molecule has 0 aliphatic carbocycles. The van der Waals surface area contributed by atoms with Gasteiger partial charge in [0.05, 0.1) is 0 Å². The molecular weight excluding hydrogens is 370 g/mol. The van der Waals surface area contributed by atoms with Crippen molar-refractivity contribution in [3.8, 4) is 0 Å². The number of rotatable bonds is 6. The minimum absolute atomic E-state index is 0.112. The van der Waals surface area contributed by atoms with Crippen molar-refractivity contribution >= 4 is 22.6 Å². The number of anilines is 1. The van der Waals surface area contributed by atoms with Crippen LogP contribution in [0.4, 0.5) is 5.13 Å². The molecule has 0 unspecified atom stereocenters. The number of aromatic nitrogens is 2. The molecule has 1 aliphatic heterocycles. The van der Waals surface area contributed by atoms with Gasteiger partial charge in [-0.2, -0.15) is 4.37 Å². The summed E-state index contributed by atoms with van der Waals surface area (Å²) in [6.45, 7) is 13.4. The number of benzene rings is 1. The predicted octanol–water partition coefficient (Wildman–Crippen LogP) is 2.72. The van der Waals surface area contributed by atoms with Gasteiger partial charge in [0.2, 0.25) is 11.0 Å². The summed E-state index contributed by atoms with van der Waals surface area (Å²) in [6.07, 6.45) is 0.782. The molecule has 152 valence electrons. The van der Waals surface area contributed by atoms with Crippen LogP contribution in [0.5, 0.6) is 0 Å². The molecule has 28 heavy (non-hydrogen) atoms. The zero-order valence-corrected chi connectivity index (χ0v) is 18.2. The Bertz CT molecular complexity index is 773. The van der Waals surface area contributed by atoms with Crippen LogP contribution in [0.3, 0.4) is 0 Å². The number of amides is 1. The second kappa shape index (κ2) is 9.01. The topological polar surface area (TPSA) is 61.4 Å². The molecule has 3 rings (SSSR count). The molecule has 1 saturated heterocycles. The van der Waals surface area contributed by atoms with E-state index >= 15 is 0 Å². The second-order valence-corrected chi connectivity index (χ2v) is 9.22. The molecular formula is C21H31N5OS. The van der Waals surface area contributed by atoms with E-state index in [-0.39, 0.29) is 11.3 Å².